The molecule has 0 aliphatic heterocycles. The smallest absolute Gasteiger partial charge is 0.243 e. The molecule has 1 unspecified atom stereocenters. The summed E-state index contributed by atoms with van der Waals surface area (Å²) in [5, 5.41) is 0. The molecule has 0 aromatic heterocycles. The van der Waals surface area contributed by atoms with Crippen LogP contribution >= 0.6 is 0 Å². The highest BCUT2D eigenvalue weighted by atomic mass is 32.2. The van der Waals surface area contributed by atoms with Gasteiger partial charge in [-0.05, 0) is 43.5 Å². The van der Waals surface area contributed by atoms with Crippen LogP contribution in [-0.4, -0.2) is 25.8 Å². The van der Waals surface area contributed by atoms with Crippen LogP contribution in [0.4, 0.5) is 0 Å². The van der Waals surface area contributed by atoms with Crippen molar-refractivity contribution in [1.82, 2.24) is 4.31 Å². The largest absolute Gasteiger partial charge is 0.326 e. The molecule has 1 atom stereocenters. The maximum atomic E-state index is 12.4. The summed E-state index contributed by atoms with van der Waals surface area (Å²) < 4.78 is 26.2. The lowest BCUT2D eigenvalue weighted by atomic mass is 10.1. The zero-order valence-corrected chi connectivity index (χ0v) is 12.3. The second-order valence-corrected chi connectivity index (χ2v) is 6.57. The molecule has 0 spiro atoms. The quantitative estimate of drug-likeness (QED) is 0.888. The lowest BCUT2D eigenvalue weighted by molar-refractivity contribution is 0.380. The summed E-state index contributed by atoms with van der Waals surface area (Å²) in [6, 6.07) is 5.10. The molecule has 18 heavy (non-hydrogen) atoms. The van der Waals surface area contributed by atoms with Crippen LogP contribution in [0.1, 0.15) is 31.4 Å². The van der Waals surface area contributed by atoms with Gasteiger partial charge in [0.1, 0.15) is 0 Å². The van der Waals surface area contributed by atoms with Crippen LogP contribution in [0.5, 0.6) is 0 Å². The van der Waals surface area contributed by atoms with Crippen molar-refractivity contribution in [3.8, 4) is 0 Å². The number of hydrogen-bond acceptors (Lipinski definition) is 3. The van der Waals surface area contributed by atoms with Crippen molar-refractivity contribution >= 4 is 10.0 Å². The van der Waals surface area contributed by atoms with E-state index in [0.29, 0.717) is 11.4 Å². The Hall–Kier alpha value is -0.910. The predicted molar refractivity (Wildman–Crippen MR) is 73.8 cm³/mol. The molecule has 0 heterocycles. The number of sulfonamides is 1. The van der Waals surface area contributed by atoms with Gasteiger partial charge in [0.2, 0.25) is 10.0 Å². The molecule has 5 heteroatoms. The molecule has 2 N–H and O–H groups in total. The molecule has 0 bridgehead atoms. The van der Waals surface area contributed by atoms with Crippen LogP contribution in [0.2, 0.25) is 0 Å². The Kier molecular flexibility index (Phi) is 4.90. The van der Waals surface area contributed by atoms with Gasteiger partial charge < -0.3 is 5.73 Å². The number of benzene rings is 1. The maximum Gasteiger partial charge on any atom is 0.243 e. The van der Waals surface area contributed by atoms with Gasteiger partial charge in [0.15, 0.2) is 0 Å². The standard InChI is InChI=1S/C13H22N2O2S/c1-5-11(3)15(4)18(16,17)13-7-6-10(2)12(8-13)9-14/h6-8,11H,5,9,14H2,1-4H3. The molecule has 0 saturated heterocycles. The second kappa shape index (κ2) is 5.82. The van der Waals surface area contributed by atoms with E-state index in [0.717, 1.165) is 17.5 Å². The van der Waals surface area contributed by atoms with Crippen molar-refractivity contribution < 1.29 is 8.42 Å². The van der Waals surface area contributed by atoms with Crippen molar-refractivity contribution in [2.24, 2.45) is 5.73 Å². The third-order valence-electron chi connectivity index (χ3n) is 3.43. The highest BCUT2D eigenvalue weighted by Gasteiger charge is 2.24. The molecule has 1 rings (SSSR count). The molecule has 102 valence electrons. The minimum absolute atomic E-state index is 0.0161. The summed E-state index contributed by atoms with van der Waals surface area (Å²) in [7, 11) is -1.81. The van der Waals surface area contributed by atoms with Crippen LogP contribution < -0.4 is 5.73 Å². The Morgan fingerprint density at radius 1 is 1.39 bits per heavy atom. The molecular weight excluding hydrogens is 248 g/mol. The SMILES string of the molecule is CCC(C)N(C)S(=O)(=O)c1ccc(C)c(CN)c1. The number of nitrogens with two attached hydrogens (primary N) is 1. The average molecular weight is 270 g/mol. The molecule has 0 fully saturated rings. The molecular formula is C13H22N2O2S. The van der Waals surface area contributed by atoms with Gasteiger partial charge in [-0.2, -0.15) is 4.31 Å². The van der Waals surface area contributed by atoms with E-state index in [1.165, 1.54) is 4.31 Å². The third-order valence-corrected chi connectivity index (χ3v) is 5.40. The normalized spacial score (nSPS) is 13.9. The van der Waals surface area contributed by atoms with E-state index in [1.807, 2.05) is 20.8 Å². The van der Waals surface area contributed by atoms with Gasteiger partial charge in [-0.15, -0.1) is 0 Å². The first-order valence-electron chi connectivity index (χ1n) is 6.12. The Balaban J connectivity index is 3.20. The molecule has 0 amide bonds. The summed E-state index contributed by atoms with van der Waals surface area (Å²) in [6.07, 6.45) is 0.783. The molecule has 4 nitrogen and oxygen atoms in total. The molecule has 1 aromatic carbocycles. The number of nitrogens with zero attached hydrogens (tertiary/aromatic N) is 1. The highest BCUT2D eigenvalue weighted by Crippen LogP contribution is 2.20. The fourth-order valence-corrected chi connectivity index (χ4v) is 3.18. The monoisotopic (exact) mass is 270 g/mol. The van der Waals surface area contributed by atoms with Crippen molar-refractivity contribution in [2.75, 3.05) is 7.05 Å². The Morgan fingerprint density at radius 3 is 2.50 bits per heavy atom. The first-order valence-corrected chi connectivity index (χ1v) is 7.56. The summed E-state index contributed by atoms with van der Waals surface area (Å²) in [6.45, 7) is 6.14. The predicted octanol–water partition coefficient (Wildman–Crippen LogP) is 1.87. The minimum atomic E-state index is -3.42. The Bertz CT molecular complexity index is 512. The van der Waals surface area contributed by atoms with Crippen molar-refractivity contribution in [1.29, 1.82) is 0 Å². The van der Waals surface area contributed by atoms with Crippen LogP contribution in [0.3, 0.4) is 0 Å². The molecule has 1 aromatic rings. The zero-order valence-electron chi connectivity index (χ0n) is 11.5. The van der Waals surface area contributed by atoms with E-state index in [4.69, 9.17) is 5.73 Å². The summed E-state index contributed by atoms with van der Waals surface area (Å²) >= 11 is 0. The maximum absolute atomic E-state index is 12.4. The van der Waals surface area contributed by atoms with E-state index >= 15 is 0 Å². The summed E-state index contributed by atoms with van der Waals surface area (Å²) in [5.41, 5.74) is 7.50. The first-order chi connectivity index (χ1) is 8.34. The number of hydrogen-bond donors (Lipinski definition) is 1. The summed E-state index contributed by atoms with van der Waals surface area (Å²) in [5.74, 6) is 0. The van der Waals surface area contributed by atoms with Crippen molar-refractivity contribution in [2.45, 2.75) is 44.7 Å². The highest BCUT2D eigenvalue weighted by molar-refractivity contribution is 7.89. The number of rotatable bonds is 5. The topological polar surface area (TPSA) is 63.4 Å². The van der Waals surface area contributed by atoms with Gasteiger partial charge in [0.25, 0.3) is 0 Å². The molecule has 0 aliphatic carbocycles. The fourth-order valence-electron chi connectivity index (χ4n) is 1.69. The molecule has 0 aliphatic rings. The van der Waals surface area contributed by atoms with E-state index in [-0.39, 0.29) is 6.04 Å². The van der Waals surface area contributed by atoms with Crippen LogP contribution in [0, 0.1) is 6.92 Å². The first kappa shape index (κ1) is 15.1. The fraction of sp³-hybridized carbons (Fsp3) is 0.538. The lowest BCUT2D eigenvalue weighted by Crippen LogP contribution is -2.34. The van der Waals surface area contributed by atoms with Crippen molar-refractivity contribution in [3.63, 3.8) is 0 Å². The lowest BCUT2D eigenvalue weighted by Gasteiger charge is -2.23. The molecule has 0 radical (unpaired) electrons. The van der Waals surface area contributed by atoms with Gasteiger partial charge >= 0.3 is 0 Å². The summed E-state index contributed by atoms with van der Waals surface area (Å²) in [4.78, 5) is 0.316. The Morgan fingerprint density at radius 2 is 2.00 bits per heavy atom. The van der Waals surface area contributed by atoms with E-state index in [2.05, 4.69) is 0 Å². The van der Waals surface area contributed by atoms with Crippen LogP contribution in [-0.2, 0) is 16.6 Å². The van der Waals surface area contributed by atoms with Gasteiger partial charge in [0.05, 0.1) is 4.90 Å². The molecule has 0 saturated carbocycles. The second-order valence-electron chi connectivity index (χ2n) is 4.57. The van der Waals surface area contributed by atoms with Crippen molar-refractivity contribution in [3.05, 3.63) is 29.3 Å². The average Bonchev–Trinajstić information content (AvgIpc) is 2.37. The van der Waals surface area contributed by atoms with E-state index < -0.39 is 10.0 Å². The van der Waals surface area contributed by atoms with Gasteiger partial charge in [-0.1, -0.05) is 13.0 Å². The van der Waals surface area contributed by atoms with Crippen LogP contribution in [0.15, 0.2) is 23.1 Å². The van der Waals surface area contributed by atoms with Gasteiger partial charge in [0, 0.05) is 19.6 Å². The van der Waals surface area contributed by atoms with Gasteiger partial charge in [-0.3, -0.25) is 0 Å². The van der Waals surface area contributed by atoms with E-state index in [9.17, 15) is 8.42 Å². The number of aryl methyl sites for hydroxylation is 1. The van der Waals surface area contributed by atoms with Gasteiger partial charge in [-0.25, -0.2) is 8.42 Å². The third kappa shape index (κ3) is 2.91. The minimum Gasteiger partial charge on any atom is -0.326 e. The zero-order chi connectivity index (χ0) is 13.9. The Labute approximate surface area is 110 Å². The van der Waals surface area contributed by atoms with E-state index in [1.54, 1.807) is 25.2 Å². The van der Waals surface area contributed by atoms with Crippen LogP contribution in [0.25, 0.3) is 0 Å².